The first kappa shape index (κ1) is 15.1. The lowest BCUT2D eigenvalue weighted by Gasteiger charge is -2.27. The molecule has 1 rings (SSSR count). The number of rotatable bonds is 5. The van der Waals surface area contributed by atoms with Crippen molar-refractivity contribution in [3.63, 3.8) is 0 Å². The average Bonchev–Trinajstić information content (AvgIpc) is 2.13. The summed E-state index contributed by atoms with van der Waals surface area (Å²) >= 11 is 0. The fourth-order valence-electron chi connectivity index (χ4n) is 2.07. The maximum Gasteiger partial charge on any atom is 0.148 e. The summed E-state index contributed by atoms with van der Waals surface area (Å²) in [5.41, 5.74) is -0.552. The van der Waals surface area contributed by atoms with Gasteiger partial charge in [-0.3, -0.25) is 4.98 Å². The highest BCUT2D eigenvalue weighted by Gasteiger charge is 2.35. The zero-order valence-electron chi connectivity index (χ0n) is 10.6. The molecule has 0 spiro atoms. The molecule has 0 atom stereocenters. The molecule has 5 nitrogen and oxygen atoms in total. The molecule has 0 N–H and O–H groups in total. The molecule has 0 aliphatic heterocycles. The smallest absolute Gasteiger partial charge is 0.148 e. The molecule has 102 valence electrons. The van der Waals surface area contributed by atoms with E-state index in [4.69, 9.17) is 0 Å². The van der Waals surface area contributed by atoms with Gasteiger partial charge in [-0.1, -0.05) is 13.0 Å². The largest absolute Gasteiger partial charge is 0.261 e. The van der Waals surface area contributed by atoms with Crippen LogP contribution in [0.5, 0.6) is 0 Å². The van der Waals surface area contributed by atoms with Crippen molar-refractivity contribution in [1.82, 2.24) is 4.98 Å². The first-order chi connectivity index (χ1) is 8.02. The Balaban J connectivity index is 3.26. The van der Waals surface area contributed by atoms with E-state index in [0.717, 1.165) is 12.5 Å². The van der Waals surface area contributed by atoms with Gasteiger partial charge in [0.25, 0.3) is 0 Å². The van der Waals surface area contributed by atoms with Crippen LogP contribution < -0.4 is 0 Å². The van der Waals surface area contributed by atoms with Crippen LogP contribution in [0.4, 0.5) is 0 Å². The normalized spacial score (nSPS) is 13.5. The molecule has 7 heteroatoms. The minimum atomic E-state index is -3.31. The van der Waals surface area contributed by atoms with Crippen LogP contribution >= 0.6 is 0 Å². The van der Waals surface area contributed by atoms with Gasteiger partial charge in [0.2, 0.25) is 0 Å². The molecular formula is C11H17NO4S2. The third-order valence-corrected chi connectivity index (χ3v) is 4.77. The van der Waals surface area contributed by atoms with Crippen LogP contribution in [-0.4, -0.2) is 45.8 Å². The summed E-state index contributed by atoms with van der Waals surface area (Å²) in [5, 5.41) is 0. The summed E-state index contributed by atoms with van der Waals surface area (Å²) < 4.78 is 45.9. The lowest BCUT2D eigenvalue weighted by molar-refractivity contribution is 0.528. The standard InChI is InChI=1S/C11H17NO4S2/c1-11(8-17(2,13)14,9-18(3,15)16)10-6-4-5-7-12-10/h4-7H,8-9H2,1-3H3. The maximum absolute atomic E-state index is 11.5. The number of aromatic nitrogens is 1. The average molecular weight is 291 g/mol. The Morgan fingerprint density at radius 3 is 1.89 bits per heavy atom. The van der Waals surface area contributed by atoms with Gasteiger partial charge >= 0.3 is 0 Å². The fraction of sp³-hybridized carbons (Fsp3) is 0.545. The number of hydrogen-bond donors (Lipinski definition) is 0. The number of pyridine rings is 1. The molecule has 0 amide bonds. The Labute approximate surface area is 108 Å². The van der Waals surface area contributed by atoms with E-state index in [-0.39, 0.29) is 11.5 Å². The van der Waals surface area contributed by atoms with Gasteiger partial charge in [0.1, 0.15) is 19.7 Å². The van der Waals surface area contributed by atoms with Gasteiger partial charge in [0.15, 0.2) is 0 Å². The Morgan fingerprint density at radius 1 is 1.06 bits per heavy atom. The minimum absolute atomic E-state index is 0.246. The predicted molar refractivity (Wildman–Crippen MR) is 71.0 cm³/mol. The summed E-state index contributed by atoms with van der Waals surface area (Å²) in [4.78, 5) is 4.09. The second kappa shape index (κ2) is 4.97. The van der Waals surface area contributed by atoms with Crippen LogP contribution in [0.25, 0.3) is 0 Å². The SMILES string of the molecule is CC(CS(C)(=O)=O)(CS(C)(=O)=O)c1ccccn1. The van der Waals surface area contributed by atoms with Crippen molar-refractivity contribution in [1.29, 1.82) is 0 Å². The van der Waals surface area contributed by atoms with Crippen molar-refractivity contribution in [3.05, 3.63) is 30.1 Å². The van der Waals surface area contributed by atoms with Crippen molar-refractivity contribution in [3.8, 4) is 0 Å². The predicted octanol–water partition coefficient (Wildman–Crippen LogP) is 0.428. The summed E-state index contributed by atoms with van der Waals surface area (Å²) in [6.07, 6.45) is 3.71. The number of nitrogens with zero attached hydrogens (tertiary/aromatic N) is 1. The van der Waals surface area contributed by atoms with Crippen molar-refractivity contribution in [2.24, 2.45) is 0 Å². The van der Waals surface area contributed by atoms with Gasteiger partial charge in [-0.05, 0) is 12.1 Å². The Kier molecular flexibility index (Phi) is 4.17. The minimum Gasteiger partial charge on any atom is -0.261 e. The Bertz CT molecular complexity index is 572. The highest BCUT2D eigenvalue weighted by atomic mass is 32.2. The van der Waals surface area contributed by atoms with Gasteiger partial charge in [0, 0.05) is 29.8 Å². The third kappa shape index (κ3) is 4.73. The van der Waals surface area contributed by atoms with Gasteiger partial charge in [-0.2, -0.15) is 0 Å². The lowest BCUT2D eigenvalue weighted by Crippen LogP contribution is -2.38. The molecule has 0 unspecified atom stereocenters. The summed E-state index contributed by atoms with van der Waals surface area (Å²) in [6.45, 7) is 1.61. The molecule has 1 aromatic heterocycles. The fourth-order valence-corrected chi connectivity index (χ4v) is 5.01. The van der Waals surface area contributed by atoms with E-state index in [2.05, 4.69) is 4.98 Å². The van der Waals surface area contributed by atoms with Crippen molar-refractivity contribution >= 4 is 19.7 Å². The molecule has 18 heavy (non-hydrogen) atoms. The van der Waals surface area contributed by atoms with Gasteiger partial charge in [-0.15, -0.1) is 0 Å². The second-order valence-electron chi connectivity index (χ2n) is 4.92. The van der Waals surface area contributed by atoms with Crippen LogP contribution in [0.2, 0.25) is 0 Å². The molecule has 0 saturated heterocycles. The van der Waals surface area contributed by atoms with E-state index in [1.165, 1.54) is 6.20 Å². The second-order valence-corrected chi connectivity index (χ2v) is 9.20. The van der Waals surface area contributed by atoms with E-state index in [1.807, 2.05) is 0 Å². The number of sulfone groups is 2. The van der Waals surface area contributed by atoms with Gasteiger partial charge in [0.05, 0.1) is 11.5 Å². The molecule has 0 radical (unpaired) electrons. The maximum atomic E-state index is 11.5. The lowest BCUT2D eigenvalue weighted by atomic mass is 9.91. The van der Waals surface area contributed by atoms with Crippen molar-refractivity contribution in [2.45, 2.75) is 12.3 Å². The Hall–Kier alpha value is -0.950. The van der Waals surface area contributed by atoms with Crippen molar-refractivity contribution < 1.29 is 16.8 Å². The van der Waals surface area contributed by atoms with Gasteiger partial charge < -0.3 is 0 Å². The summed E-state index contributed by atoms with van der Waals surface area (Å²) in [5.74, 6) is -0.492. The third-order valence-electron chi connectivity index (χ3n) is 2.44. The molecule has 0 aromatic carbocycles. The summed E-state index contributed by atoms with van der Waals surface area (Å²) in [7, 11) is -6.61. The molecule has 0 aliphatic carbocycles. The zero-order valence-corrected chi connectivity index (χ0v) is 12.3. The van der Waals surface area contributed by atoms with E-state index < -0.39 is 25.1 Å². The topological polar surface area (TPSA) is 81.2 Å². The monoisotopic (exact) mass is 291 g/mol. The highest BCUT2D eigenvalue weighted by molar-refractivity contribution is 7.91. The van der Waals surface area contributed by atoms with E-state index >= 15 is 0 Å². The van der Waals surface area contributed by atoms with Crippen LogP contribution in [-0.2, 0) is 25.1 Å². The van der Waals surface area contributed by atoms with Crippen LogP contribution in [0.15, 0.2) is 24.4 Å². The first-order valence-corrected chi connectivity index (χ1v) is 9.41. The van der Waals surface area contributed by atoms with Crippen molar-refractivity contribution in [2.75, 3.05) is 24.0 Å². The molecular weight excluding hydrogens is 274 g/mol. The van der Waals surface area contributed by atoms with Crippen LogP contribution in [0.3, 0.4) is 0 Å². The molecule has 0 saturated carbocycles. The molecule has 1 heterocycles. The van der Waals surface area contributed by atoms with Gasteiger partial charge in [-0.25, -0.2) is 16.8 Å². The van der Waals surface area contributed by atoms with E-state index in [0.29, 0.717) is 5.69 Å². The molecule has 0 bridgehead atoms. The van der Waals surface area contributed by atoms with Crippen LogP contribution in [0.1, 0.15) is 12.6 Å². The number of hydrogen-bond acceptors (Lipinski definition) is 5. The quantitative estimate of drug-likeness (QED) is 0.785. The summed E-state index contributed by atoms with van der Waals surface area (Å²) in [6, 6.07) is 5.06. The molecule has 1 aromatic rings. The zero-order chi connectivity index (χ0) is 14.0. The van der Waals surface area contributed by atoms with E-state index in [1.54, 1.807) is 25.1 Å². The Morgan fingerprint density at radius 2 is 1.56 bits per heavy atom. The first-order valence-electron chi connectivity index (χ1n) is 5.29. The highest BCUT2D eigenvalue weighted by Crippen LogP contribution is 2.25. The molecule has 0 aliphatic rings. The van der Waals surface area contributed by atoms with Crippen LogP contribution in [0, 0.1) is 0 Å². The van der Waals surface area contributed by atoms with E-state index in [9.17, 15) is 16.8 Å². The molecule has 0 fully saturated rings.